The highest BCUT2D eigenvalue weighted by Gasteiger charge is 2.12. The topological polar surface area (TPSA) is 43.5 Å². The number of benzene rings is 2. The highest BCUT2D eigenvalue weighted by molar-refractivity contribution is 5.32. The molecule has 0 amide bonds. The first kappa shape index (κ1) is 26.4. The lowest BCUT2D eigenvalue weighted by atomic mass is 9.91. The van der Waals surface area contributed by atoms with Gasteiger partial charge in [0.25, 0.3) is 0 Å². The van der Waals surface area contributed by atoms with Crippen molar-refractivity contribution in [3.8, 4) is 0 Å². The molecule has 2 aromatic carbocycles. The third kappa shape index (κ3) is 11.5. The van der Waals surface area contributed by atoms with Crippen LogP contribution in [0.25, 0.3) is 0 Å². The summed E-state index contributed by atoms with van der Waals surface area (Å²) in [6.45, 7) is 4.44. The molecule has 0 aromatic heterocycles. The SMILES string of the molecule is CCCCCCCCCCCCCCNCC(c1ccccc1)c1ccccc1.O. The number of hydrogen-bond acceptors (Lipinski definition) is 1. The predicted molar refractivity (Wildman–Crippen MR) is 132 cm³/mol. The maximum Gasteiger partial charge on any atom is 0.0214 e. The van der Waals surface area contributed by atoms with Crippen LogP contribution < -0.4 is 5.32 Å². The van der Waals surface area contributed by atoms with Crippen molar-refractivity contribution in [3.63, 3.8) is 0 Å². The number of hydrogen-bond donors (Lipinski definition) is 1. The van der Waals surface area contributed by atoms with Crippen molar-refractivity contribution in [2.24, 2.45) is 0 Å². The van der Waals surface area contributed by atoms with Gasteiger partial charge in [0, 0.05) is 12.5 Å². The average molecular weight is 412 g/mol. The number of unbranched alkanes of at least 4 members (excludes halogenated alkanes) is 11. The van der Waals surface area contributed by atoms with E-state index in [0.29, 0.717) is 5.92 Å². The fraction of sp³-hybridized carbons (Fsp3) is 0.571. The van der Waals surface area contributed by atoms with Crippen molar-refractivity contribution in [2.45, 2.75) is 89.9 Å². The molecule has 0 saturated carbocycles. The summed E-state index contributed by atoms with van der Waals surface area (Å²) >= 11 is 0. The first-order chi connectivity index (χ1) is 14.4. The molecule has 30 heavy (non-hydrogen) atoms. The molecule has 0 unspecified atom stereocenters. The van der Waals surface area contributed by atoms with Crippen LogP contribution >= 0.6 is 0 Å². The Balaban J connectivity index is 0.00000450. The van der Waals surface area contributed by atoms with E-state index in [-0.39, 0.29) is 5.48 Å². The Labute approximate surface area is 185 Å². The van der Waals surface area contributed by atoms with Gasteiger partial charge in [-0.3, -0.25) is 0 Å². The van der Waals surface area contributed by atoms with E-state index in [9.17, 15) is 0 Å². The minimum atomic E-state index is 0. The van der Waals surface area contributed by atoms with E-state index in [1.165, 1.54) is 88.2 Å². The minimum Gasteiger partial charge on any atom is -0.412 e. The first-order valence-electron chi connectivity index (χ1n) is 12.2. The summed E-state index contributed by atoms with van der Waals surface area (Å²) in [4.78, 5) is 0. The Morgan fingerprint density at radius 1 is 0.567 bits per heavy atom. The molecule has 2 aromatic rings. The van der Waals surface area contributed by atoms with Gasteiger partial charge in [0.2, 0.25) is 0 Å². The fourth-order valence-electron chi connectivity index (χ4n) is 4.14. The molecule has 0 radical (unpaired) electrons. The second-order valence-electron chi connectivity index (χ2n) is 8.47. The Kier molecular flexibility index (Phi) is 16.0. The van der Waals surface area contributed by atoms with E-state index in [4.69, 9.17) is 0 Å². The number of nitrogens with one attached hydrogen (secondary N) is 1. The molecule has 0 fully saturated rings. The van der Waals surface area contributed by atoms with Crippen LogP contribution in [0.1, 0.15) is 101 Å². The molecule has 0 bridgehead atoms. The van der Waals surface area contributed by atoms with Gasteiger partial charge in [-0.1, -0.05) is 138 Å². The average Bonchev–Trinajstić information content (AvgIpc) is 2.78. The molecule has 0 atom stereocenters. The van der Waals surface area contributed by atoms with Gasteiger partial charge in [-0.2, -0.15) is 0 Å². The van der Waals surface area contributed by atoms with Gasteiger partial charge >= 0.3 is 0 Å². The summed E-state index contributed by atoms with van der Waals surface area (Å²) in [5.41, 5.74) is 2.81. The van der Waals surface area contributed by atoms with Gasteiger partial charge in [-0.25, -0.2) is 0 Å². The zero-order chi connectivity index (χ0) is 20.4. The predicted octanol–water partition coefficient (Wildman–Crippen LogP) is 7.28. The van der Waals surface area contributed by atoms with E-state index in [1.807, 2.05) is 0 Å². The fourth-order valence-corrected chi connectivity index (χ4v) is 4.14. The van der Waals surface area contributed by atoms with Gasteiger partial charge in [0.15, 0.2) is 0 Å². The summed E-state index contributed by atoms with van der Waals surface area (Å²) < 4.78 is 0. The molecule has 0 aliphatic rings. The zero-order valence-corrected chi connectivity index (χ0v) is 19.3. The lowest BCUT2D eigenvalue weighted by Crippen LogP contribution is -2.23. The summed E-state index contributed by atoms with van der Waals surface area (Å²) in [6, 6.07) is 21.8. The van der Waals surface area contributed by atoms with Gasteiger partial charge in [0.1, 0.15) is 0 Å². The molecule has 0 aliphatic carbocycles. The number of rotatable bonds is 17. The minimum absolute atomic E-state index is 0. The maximum atomic E-state index is 3.72. The third-order valence-electron chi connectivity index (χ3n) is 5.96. The Morgan fingerprint density at radius 2 is 0.967 bits per heavy atom. The van der Waals surface area contributed by atoms with Crippen molar-refractivity contribution in [1.29, 1.82) is 0 Å². The van der Waals surface area contributed by atoms with Crippen LogP contribution in [0.2, 0.25) is 0 Å². The molecule has 0 saturated heterocycles. The molecule has 0 spiro atoms. The van der Waals surface area contributed by atoms with Crippen molar-refractivity contribution >= 4 is 0 Å². The van der Waals surface area contributed by atoms with Crippen LogP contribution in [-0.4, -0.2) is 18.6 Å². The van der Waals surface area contributed by atoms with Crippen molar-refractivity contribution in [3.05, 3.63) is 71.8 Å². The van der Waals surface area contributed by atoms with E-state index >= 15 is 0 Å². The van der Waals surface area contributed by atoms with Crippen LogP contribution in [0.15, 0.2) is 60.7 Å². The van der Waals surface area contributed by atoms with Crippen LogP contribution in [0.4, 0.5) is 0 Å². The first-order valence-corrected chi connectivity index (χ1v) is 12.2. The highest BCUT2D eigenvalue weighted by Crippen LogP contribution is 2.23. The van der Waals surface area contributed by atoms with E-state index in [0.717, 1.165) is 13.1 Å². The van der Waals surface area contributed by atoms with Gasteiger partial charge < -0.3 is 10.8 Å². The summed E-state index contributed by atoms with van der Waals surface area (Å²) in [5, 5.41) is 3.72. The summed E-state index contributed by atoms with van der Waals surface area (Å²) in [7, 11) is 0. The van der Waals surface area contributed by atoms with Crippen LogP contribution in [-0.2, 0) is 0 Å². The van der Waals surface area contributed by atoms with Gasteiger partial charge in [0.05, 0.1) is 0 Å². The van der Waals surface area contributed by atoms with Crippen LogP contribution in [0.5, 0.6) is 0 Å². The Bertz CT molecular complexity index is 559. The molecule has 3 N–H and O–H groups in total. The molecule has 168 valence electrons. The van der Waals surface area contributed by atoms with Crippen LogP contribution in [0.3, 0.4) is 0 Å². The molecule has 2 nitrogen and oxygen atoms in total. The zero-order valence-electron chi connectivity index (χ0n) is 19.3. The lowest BCUT2D eigenvalue weighted by Gasteiger charge is -2.19. The smallest absolute Gasteiger partial charge is 0.0214 e. The third-order valence-corrected chi connectivity index (χ3v) is 5.96. The highest BCUT2D eigenvalue weighted by atomic mass is 16.0. The van der Waals surface area contributed by atoms with Crippen molar-refractivity contribution in [1.82, 2.24) is 5.32 Å². The lowest BCUT2D eigenvalue weighted by molar-refractivity contribution is 0.532. The second kappa shape index (κ2) is 18.2. The standard InChI is InChI=1S/C28H43N.H2O/c1-2-3-4-5-6-7-8-9-10-11-12-19-24-29-25-28(26-20-15-13-16-21-26)27-22-17-14-18-23-27;/h13-18,20-23,28-29H,2-12,19,24-25H2,1H3;1H2. The molecule has 0 heterocycles. The molecule has 0 aliphatic heterocycles. The maximum absolute atomic E-state index is 3.72. The Hall–Kier alpha value is -1.64. The van der Waals surface area contributed by atoms with E-state index in [1.54, 1.807) is 0 Å². The monoisotopic (exact) mass is 411 g/mol. The van der Waals surface area contributed by atoms with E-state index < -0.39 is 0 Å². The molecule has 2 heteroatoms. The largest absolute Gasteiger partial charge is 0.412 e. The normalized spacial score (nSPS) is 10.9. The molecular weight excluding hydrogens is 366 g/mol. The summed E-state index contributed by atoms with van der Waals surface area (Å²) in [5.74, 6) is 0.440. The van der Waals surface area contributed by atoms with Crippen LogP contribution in [0, 0.1) is 0 Å². The molecule has 2 rings (SSSR count). The van der Waals surface area contributed by atoms with Crippen molar-refractivity contribution in [2.75, 3.05) is 13.1 Å². The Morgan fingerprint density at radius 3 is 1.40 bits per heavy atom. The van der Waals surface area contributed by atoms with E-state index in [2.05, 4.69) is 72.9 Å². The second-order valence-corrected chi connectivity index (χ2v) is 8.47. The quantitative estimate of drug-likeness (QED) is 0.273. The summed E-state index contributed by atoms with van der Waals surface area (Å²) in [6.07, 6.45) is 16.9. The van der Waals surface area contributed by atoms with Crippen molar-refractivity contribution < 1.29 is 5.48 Å². The van der Waals surface area contributed by atoms with Gasteiger partial charge in [-0.15, -0.1) is 0 Å². The molecular formula is C28H45NO. The van der Waals surface area contributed by atoms with Gasteiger partial charge in [-0.05, 0) is 24.1 Å².